The van der Waals surface area contributed by atoms with Gasteiger partial charge in [-0.05, 0) is 68.0 Å². The topological polar surface area (TPSA) is 49.4 Å². The highest BCUT2D eigenvalue weighted by Crippen LogP contribution is 2.37. The number of allylic oxidation sites excluding steroid dienone is 1. The molecule has 4 nitrogen and oxygen atoms in total. The number of fused-ring (bicyclic) bond motifs is 1. The van der Waals surface area contributed by atoms with Crippen molar-refractivity contribution in [3.8, 4) is 0 Å². The number of rotatable bonds is 6. The van der Waals surface area contributed by atoms with Crippen LogP contribution in [0.15, 0.2) is 59.0 Å². The molecule has 0 fully saturated rings. The molecule has 1 aliphatic heterocycles. The van der Waals surface area contributed by atoms with Gasteiger partial charge in [-0.25, -0.2) is 4.39 Å². The lowest BCUT2D eigenvalue weighted by Gasteiger charge is -2.29. The molecule has 0 aromatic heterocycles. The Hall–Kier alpha value is -2.60. The molecule has 6 heteroatoms. The molecule has 156 valence electrons. The maximum atomic E-state index is 13.2. The van der Waals surface area contributed by atoms with Gasteiger partial charge in [-0.3, -0.25) is 9.59 Å². The van der Waals surface area contributed by atoms with Gasteiger partial charge < -0.3 is 10.2 Å². The van der Waals surface area contributed by atoms with Crippen LogP contribution in [0, 0.1) is 5.82 Å². The SMILES string of the molecule is O=C(NCCC1=CCCCC1)c1ccc2c(c1)N(Cc1ccc(F)cc1)C(=O)CS2. The van der Waals surface area contributed by atoms with Crippen molar-refractivity contribution in [2.75, 3.05) is 17.2 Å². The van der Waals surface area contributed by atoms with Gasteiger partial charge in [0.2, 0.25) is 5.91 Å². The maximum absolute atomic E-state index is 13.2. The molecule has 0 spiro atoms. The fourth-order valence-corrected chi connectivity index (χ4v) is 4.78. The van der Waals surface area contributed by atoms with Crippen LogP contribution >= 0.6 is 11.8 Å². The smallest absolute Gasteiger partial charge is 0.251 e. The molecule has 0 atom stereocenters. The Kier molecular flexibility index (Phi) is 6.53. The van der Waals surface area contributed by atoms with Crippen LogP contribution in [0.3, 0.4) is 0 Å². The Morgan fingerprint density at radius 2 is 1.97 bits per heavy atom. The fraction of sp³-hybridized carbons (Fsp3) is 0.333. The molecule has 0 saturated carbocycles. The van der Waals surface area contributed by atoms with Crippen molar-refractivity contribution in [1.82, 2.24) is 5.32 Å². The zero-order valence-corrected chi connectivity index (χ0v) is 17.6. The molecular formula is C24H25FN2O2S. The molecule has 2 aromatic rings. The first-order chi connectivity index (χ1) is 14.6. The summed E-state index contributed by atoms with van der Waals surface area (Å²) in [5, 5.41) is 3.00. The quantitative estimate of drug-likeness (QED) is 0.658. The molecule has 1 aliphatic carbocycles. The minimum absolute atomic E-state index is 0.0152. The summed E-state index contributed by atoms with van der Waals surface area (Å²) in [5.74, 6) is -0.0883. The Morgan fingerprint density at radius 1 is 1.13 bits per heavy atom. The number of amides is 2. The van der Waals surface area contributed by atoms with E-state index in [1.165, 1.54) is 42.3 Å². The van der Waals surface area contributed by atoms with Gasteiger partial charge in [-0.15, -0.1) is 11.8 Å². The van der Waals surface area contributed by atoms with Crippen molar-refractivity contribution >= 4 is 29.3 Å². The largest absolute Gasteiger partial charge is 0.352 e. The Morgan fingerprint density at radius 3 is 2.73 bits per heavy atom. The summed E-state index contributed by atoms with van der Waals surface area (Å²) in [7, 11) is 0. The van der Waals surface area contributed by atoms with Gasteiger partial charge in [0.1, 0.15) is 5.82 Å². The minimum atomic E-state index is -0.303. The molecule has 1 N–H and O–H groups in total. The summed E-state index contributed by atoms with van der Waals surface area (Å²) in [6.45, 7) is 0.973. The van der Waals surface area contributed by atoms with Crippen LogP contribution in [0.25, 0.3) is 0 Å². The van der Waals surface area contributed by atoms with E-state index < -0.39 is 0 Å². The Bertz CT molecular complexity index is 972. The van der Waals surface area contributed by atoms with Crippen molar-refractivity contribution < 1.29 is 14.0 Å². The van der Waals surface area contributed by atoms with Gasteiger partial charge in [-0.1, -0.05) is 23.8 Å². The number of hydrogen-bond acceptors (Lipinski definition) is 3. The second kappa shape index (κ2) is 9.47. The highest BCUT2D eigenvalue weighted by Gasteiger charge is 2.26. The minimum Gasteiger partial charge on any atom is -0.352 e. The average Bonchev–Trinajstić information content (AvgIpc) is 2.77. The van der Waals surface area contributed by atoms with E-state index >= 15 is 0 Å². The number of carbonyl (C=O) groups is 2. The molecule has 2 aliphatic rings. The van der Waals surface area contributed by atoms with Crippen molar-refractivity contribution in [2.45, 2.75) is 43.5 Å². The molecule has 30 heavy (non-hydrogen) atoms. The summed E-state index contributed by atoms with van der Waals surface area (Å²) in [5.41, 5.74) is 3.56. The molecule has 0 radical (unpaired) electrons. The lowest BCUT2D eigenvalue weighted by atomic mass is 9.97. The number of nitrogens with one attached hydrogen (secondary N) is 1. The number of carbonyl (C=O) groups excluding carboxylic acids is 2. The first-order valence-corrected chi connectivity index (χ1v) is 11.4. The lowest BCUT2D eigenvalue weighted by Crippen LogP contribution is -2.35. The van der Waals surface area contributed by atoms with E-state index in [-0.39, 0.29) is 17.6 Å². The number of hydrogen-bond donors (Lipinski definition) is 1. The van der Waals surface area contributed by atoms with E-state index in [1.807, 2.05) is 12.1 Å². The normalized spacial score (nSPS) is 16.1. The molecular weight excluding hydrogens is 399 g/mol. The van der Waals surface area contributed by atoms with E-state index in [9.17, 15) is 14.0 Å². The number of anilines is 1. The summed E-state index contributed by atoms with van der Waals surface area (Å²) in [6.07, 6.45) is 7.96. The Labute approximate surface area is 180 Å². The van der Waals surface area contributed by atoms with Gasteiger partial charge in [0, 0.05) is 17.0 Å². The zero-order chi connectivity index (χ0) is 20.9. The molecule has 0 saturated heterocycles. The van der Waals surface area contributed by atoms with Crippen LogP contribution in [0.1, 0.15) is 48.0 Å². The number of halogens is 1. The van der Waals surface area contributed by atoms with Crippen LogP contribution in [-0.2, 0) is 11.3 Å². The third-order valence-electron chi connectivity index (χ3n) is 5.53. The predicted octanol–water partition coefficient (Wildman–Crippen LogP) is 5.08. The molecule has 2 aromatic carbocycles. The average molecular weight is 425 g/mol. The van der Waals surface area contributed by atoms with Crippen molar-refractivity contribution in [3.63, 3.8) is 0 Å². The molecule has 2 amide bonds. The first kappa shape index (κ1) is 20.7. The third kappa shape index (κ3) is 4.93. The number of nitrogens with zero attached hydrogens (tertiary/aromatic N) is 1. The van der Waals surface area contributed by atoms with Crippen molar-refractivity contribution in [3.05, 3.63) is 71.1 Å². The molecule has 0 unspecified atom stereocenters. The number of benzene rings is 2. The van der Waals surface area contributed by atoms with Crippen LogP contribution in [-0.4, -0.2) is 24.1 Å². The van der Waals surface area contributed by atoms with E-state index in [0.717, 1.165) is 35.4 Å². The summed E-state index contributed by atoms with van der Waals surface area (Å²) < 4.78 is 13.2. The van der Waals surface area contributed by atoms with Crippen molar-refractivity contribution in [1.29, 1.82) is 0 Å². The highest BCUT2D eigenvalue weighted by molar-refractivity contribution is 8.00. The monoisotopic (exact) mass is 424 g/mol. The van der Waals surface area contributed by atoms with E-state index in [4.69, 9.17) is 0 Å². The predicted molar refractivity (Wildman–Crippen MR) is 118 cm³/mol. The Balaban J connectivity index is 1.46. The van der Waals surface area contributed by atoms with Crippen LogP contribution in [0.2, 0.25) is 0 Å². The van der Waals surface area contributed by atoms with E-state index in [1.54, 1.807) is 23.1 Å². The summed E-state index contributed by atoms with van der Waals surface area (Å²) in [4.78, 5) is 27.9. The number of thioether (sulfide) groups is 1. The van der Waals surface area contributed by atoms with Gasteiger partial charge >= 0.3 is 0 Å². The summed E-state index contributed by atoms with van der Waals surface area (Å²) in [6, 6.07) is 11.7. The highest BCUT2D eigenvalue weighted by atomic mass is 32.2. The van der Waals surface area contributed by atoms with Gasteiger partial charge in [-0.2, -0.15) is 0 Å². The third-order valence-corrected chi connectivity index (χ3v) is 6.58. The maximum Gasteiger partial charge on any atom is 0.251 e. The molecule has 1 heterocycles. The van der Waals surface area contributed by atoms with Gasteiger partial charge in [0.15, 0.2) is 0 Å². The van der Waals surface area contributed by atoms with Crippen molar-refractivity contribution in [2.24, 2.45) is 0 Å². The molecule has 0 bridgehead atoms. The second-order valence-electron chi connectivity index (χ2n) is 7.69. The lowest BCUT2D eigenvalue weighted by molar-refractivity contribution is -0.116. The fourth-order valence-electron chi connectivity index (χ4n) is 3.86. The van der Waals surface area contributed by atoms with Crippen LogP contribution in [0.5, 0.6) is 0 Å². The first-order valence-electron chi connectivity index (χ1n) is 10.4. The van der Waals surface area contributed by atoms with E-state index in [0.29, 0.717) is 24.4 Å². The second-order valence-corrected chi connectivity index (χ2v) is 8.71. The van der Waals surface area contributed by atoms with Crippen LogP contribution < -0.4 is 10.2 Å². The van der Waals surface area contributed by atoms with Gasteiger partial charge in [0.25, 0.3) is 5.91 Å². The molecule has 4 rings (SSSR count). The van der Waals surface area contributed by atoms with Gasteiger partial charge in [0.05, 0.1) is 18.0 Å². The summed E-state index contributed by atoms with van der Waals surface area (Å²) >= 11 is 1.48. The standard InChI is InChI=1S/C24H25FN2O2S/c25-20-9-6-18(7-10-20)15-27-21-14-19(8-11-22(21)30-16-23(27)28)24(29)26-13-12-17-4-2-1-3-5-17/h4,6-11,14H,1-3,5,12-13,15-16H2,(H,26,29). The zero-order valence-electron chi connectivity index (χ0n) is 16.8. The van der Waals surface area contributed by atoms with Crippen LogP contribution in [0.4, 0.5) is 10.1 Å². The van der Waals surface area contributed by atoms with E-state index in [2.05, 4.69) is 11.4 Å².